The number of hydrogen-bond acceptors (Lipinski definition) is 3. The topological polar surface area (TPSA) is 72.2 Å². The van der Waals surface area contributed by atoms with E-state index in [0.29, 0.717) is 10.0 Å². The van der Waals surface area contributed by atoms with Crippen LogP contribution in [0.5, 0.6) is 0 Å². The molecule has 2 aromatic rings. The number of benzene rings is 2. The Balaban J connectivity index is 2.38. The maximum atomic E-state index is 13.6. The van der Waals surface area contributed by atoms with Gasteiger partial charge < -0.3 is 5.73 Å². The van der Waals surface area contributed by atoms with E-state index in [1.807, 2.05) is 0 Å². The van der Waals surface area contributed by atoms with Crippen LogP contribution in [0.1, 0.15) is 5.56 Å². The Morgan fingerprint density at radius 3 is 2.48 bits per heavy atom. The van der Waals surface area contributed by atoms with Crippen molar-refractivity contribution in [1.82, 2.24) is 0 Å². The lowest BCUT2D eigenvalue weighted by Crippen LogP contribution is -2.15. The van der Waals surface area contributed by atoms with Gasteiger partial charge in [-0.2, -0.15) is 0 Å². The smallest absolute Gasteiger partial charge is 0.264 e. The van der Waals surface area contributed by atoms with Gasteiger partial charge in [-0.15, -0.1) is 0 Å². The summed E-state index contributed by atoms with van der Waals surface area (Å²) in [7, 11) is -4.02. The largest absolute Gasteiger partial charge is 0.389 e. The van der Waals surface area contributed by atoms with E-state index in [1.165, 1.54) is 24.3 Å². The van der Waals surface area contributed by atoms with Gasteiger partial charge in [-0.3, -0.25) is 4.72 Å². The summed E-state index contributed by atoms with van der Waals surface area (Å²) in [6.45, 7) is 0. The third-order valence-corrected chi connectivity index (χ3v) is 4.91. The summed E-state index contributed by atoms with van der Waals surface area (Å²) in [5, 5.41) is 0. The van der Waals surface area contributed by atoms with E-state index >= 15 is 0 Å². The lowest BCUT2D eigenvalue weighted by Gasteiger charge is -2.11. The van der Waals surface area contributed by atoms with E-state index in [4.69, 9.17) is 18.0 Å². The first kappa shape index (κ1) is 15.9. The average molecular weight is 389 g/mol. The van der Waals surface area contributed by atoms with Crippen molar-refractivity contribution in [3.8, 4) is 0 Å². The number of halogens is 2. The molecular weight excluding hydrogens is 379 g/mol. The standard InChI is InChI=1S/C13H10BrFN2O2S2/c14-9-7-8(13(16)20)5-6-11(9)17-21(18,19)12-4-2-1-3-10(12)15/h1-7,17H,(H2,16,20). The number of rotatable bonds is 4. The molecule has 0 amide bonds. The van der Waals surface area contributed by atoms with Crippen molar-refractivity contribution in [2.24, 2.45) is 5.73 Å². The predicted octanol–water partition coefficient (Wildman–Crippen LogP) is 3.02. The zero-order valence-electron chi connectivity index (χ0n) is 10.5. The number of thiocarbonyl (C=S) groups is 1. The molecule has 0 aliphatic heterocycles. The fourth-order valence-corrected chi connectivity index (χ4v) is 3.51. The van der Waals surface area contributed by atoms with Crippen LogP contribution in [-0.2, 0) is 10.0 Å². The summed E-state index contributed by atoms with van der Waals surface area (Å²) in [6, 6.07) is 9.79. The van der Waals surface area contributed by atoms with Crippen LogP contribution in [0.3, 0.4) is 0 Å². The molecule has 2 aromatic carbocycles. The second-order valence-corrected chi connectivity index (χ2v) is 7.04. The van der Waals surface area contributed by atoms with E-state index in [1.54, 1.807) is 12.1 Å². The van der Waals surface area contributed by atoms with Crippen LogP contribution < -0.4 is 10.5 Å². The quantitative estimate of drug-likeness (QED) is 0.789. The zero-order chi connectivity index (χ0) is 15.6. The first-order valence-electron chi connectivity index (χ1n) is 5.68. The van der Waals surface area contributed by atoms with E-state index in [-0.39, 0.29) is 10.7 Å². The summed E-state index contributed by atoms with van der Waals surface area (Å²) in [5.41, 5.74) is 6.34. The van der Waals surface area contributed by atoms with Crippen LogP contribution in [0.2, 0.25) is 0 Å². The summed E-state index contributed by atoms with van der Waals surface area (Å²) in [5.74, 6) is -0.819. The van der Waals surface area contributed by atoms with E-state index < -0.39 is 20.7 Å². The Kier molecular flexibility index (Phi) is 4.60. The summed E-state index contributed by atoms with van der Waals surface area (Å²) >= 11 is 8.06. The molecular formula is C13H10BrFN2O2S2. The van der Waals surface area contributed by atoms with Gasteiger partial charge in [0, 0.05) is 10.0 Å². The fourth-order valence-electron chi connectivity index (χ4n) is 1.61. The number of sulfonamides is 1. The fraction of sp³-hybridized carbons (Fsp3) is 0. The molecule has 110 valence electrons. The number of hydrogen-bond donors (Lipinski definition) is 2. The maximum absolute atomic E-state index is 13.6. The zero-order valence-corrected chi connectivity index (χ0v) is 13.7. The van der Waals surface area contributed by atoms with Gasteiger partial charge in [0.05, 0.1) is 5.69 Å². The van der Waals surface area contributed by atoms with E-state index in [0.717, 1.165) is 6.07 Å². The maximum Gasteiger partial charge on any atom is 0.264 e. The second kappa shape index (κ2) is 6.08. The highest BCUT2D eigenvalue weighted by molar-refractivity contribution is 9.10. The van der Waals surface area contributed by atoms with Gasteiger partial charge in [0.1, 0.15) is 15.7 Å². The molecule has 0 radical (unpaired) electrons. The molecule has 0 heterocycles. The Bertz CT molecular complexity index is 810. The molecule has 8 heteroatoms. The average Bonchev–Trinajstić information content (AvgIpc) is 2.41. The van der Waals surface area contributed by atoms with Crippen molar-refractivity contribution in [2.75, 3.05) is 4.72 Å². The molecule has 0 atom stereocenters. The Labute approximate surface area is 135 Å². The Morgan fingerprint density at radius 2 is 1.90 bits per heavy atom. The number of nitrogens with two attached hydrogens (primary N) is 1. The van der Waals surface area contributed by atoms with Gasteiger partial charge in [-0.05, 0) is 46.3 Å². The third kappa shape index (κ3) is 3.58. The molecule has 0 spiro atoms. The molecule has 0 saturated heterocycles. The molecule has 0 unspecified atom stereocenters. The normalized spacial score (nSPS) is 11.1. The van der Waals surface area contributed by atoms with Gasteiger partial charge in [0.25, 0.3) is 10.0 Å². The highest BCUT2D eigenvalue weighted by Gasteiger charge is 2.19. The molecule has 0 aromatic heterocycles. The minimum Gasteiger partial charge on any atom is -0.389 e. The molecule has 21 heavy (non-hydrogen) atoms. The van der Waals surface area contributed by atoms with Crippen LogP contribution in [0.15, 0.2) is 51.8 Å². The summed E-state index contributed by atoms with van der Waals surface area (Å²) in [6.07, 6.45) is 0. The molecule has 2 rings (SSSR count). The van der Waals surface area contributed by atoms with Gasteiger partial charge >= 0.3 is 0 Å². The van der Waals surface area contributed by atoms with Crippen molar-refractivity contribution in [3.63, 3.8) is 0 Å². The van der Waals surface area contributed by atoms with Crippen LogP contribution in [0, 0.1) is 5.82 Å². The van der Waals surface area contributed by atoms with E-state index in [2.05, 4.69) is 20.7 Å². The van der Waals surface area contributed by atoms with Gasteiger partial charge in [-0.1, -0.05) is 24.4 Å². The monoisotopic (exact) mass is 388 g/mol. The summed E-state index contributed by atoms with van der Waals surface area (Å²) < 4.78 is 40.7. The van der Waals surface area contributed by atoms with Gasteiger partial charge in [0.2, 0.25) is 0 Å². The number of nitrogens with one attached hydrogen (secondary N) is 1. The third-order valence-electron chi connectivity index (χ3n) is 2.62. The molecule has 0 aliphatic rings. The van der Waals surface area contributed by atoms with Crippen molar-refractivity contribution in [2.45, 2.75) is 4.90 Å². The van der Waals surface area contributed by atoms with Crippen LogP contribution in [0.4, 0.5) is 10.1 Å². The number of anilines is 1. The Morgan fingerprint density at radius 1 is 1.24 bits per heavy atom. The van der Waals surface area contributed by atoms with Crippen LogP contribution in [-0.4, -0.2) is 13.4 Å². The molecule has 0 saturated carbocycles. The lowest BCUT2D eigenvalue weighted by atomic mass is 10.2. The molecule has 0 aliphatic carbocycles. The predicted molar refractivity (Wildman–Crippen MR) is 87.2 cm³/mol. The van der Waals surface area contributed by atoms with Crippen LogP contribution >= 0.6 is 28.1 Å². The molecule has 0 bridgehead atoms. The summed E-state index contributed by atoms with van der Waals surface area (Å²) in [4.78, 5) is -0.227. The Hall–Kier alpha value is -1.51. The highest BCUT2D eigenvalue weighted by atomic mass is 79.9. The minimum absolute atomic E-state index is 0.194. The SMILES string of the molecule is NC(=S)c1ccc(NS(=O)(=O)c2ccccc2F)c(Br)c1. The van der Waals surface area contributed by atoms with Crippen molar-refractivity contribution < 1.29 is 12.8 Å². The van der Waals surface area contributed by atoms with Crippen LogP contribution in [0.25, 0.3) is 0 Å². The van der Waals surface area contributed by atoms with Crippen molar-refractivity contribution in [1.29, 1.82) is 0 Å². The van der Waals surface area contributed by atoms with Crippen molar-refractivity contribution in [3.05, 3.63) is 58.3 Å². The first-order valence-corrected chi connectivity index (χ1v) is 8.36. The van der Waals surface area contributed by atoms with Gasteiger partial charge in [-0.25, -0.2) is 12.8 Å². The molecule has 4 nitrogen and oxygen atoms in total. The van der Waals surface area contributed by atoms with E-state index in [9.17, 15) is 12.8 Å². The molecule has 0 fully saturated rings. The highest BCUT2D eigenvalue weighted by Crippen LogP contribution is 2.27. The van der Waals surface area contributed by atoms with Crippen molar-refractivity contribution >= 4 is 48.8 Å². The minimum atomic E-state index is -4.02. The lowest BCUT2D eigenvalue weighted by molar-refractivity contribution is 0.570. The first-order chi connectivity index (χ1) is 9.81. The molecule has 3 N–H and O–H groups in total. The van der Waals surface area contributed by atoms with Gasteiger partial charge in [0.15, 0.2) is 0 Å². The second-order valence-electron chi connectivity index (χ2n) is 4.09.